The molecule has 1 N–H and O–H groups in total. The van der Waals surface area contributed by atoms with E-state index in [9.17, 15) is 18.4 Å². The van der Waals surface area contributed by atoms with Crippen LogP contribution in [0.25, 0.3) is 0 Å². The molecule has 0 saturated carbocycles. The molecule has 0 aromatic heterocycles. The molecule has 0 aliphatic carbocycles. The van der Waals surface area contributed by atoms with Crippen molar-refractivity contribution in [3.05, 3.63) is 0 Å². The summed E-state index contributed by atoms with van der Waals surface area (Å²) in [5.74, 6) is -3.62. The molecule has 21 heavy (non-hydrogen) atoms. The van der Waals surface area contributed by atoms with Crippen LogP contribution in [0, 0.1) is 0 Å². The monoisotopic (exact) mass is 306 g/mol. The fourth-order valence-electron chi connectivity index (χ4n) is 2.05. The van der Waals surface area contributed by atoms with Gasteiger partial charge in [-0.05, 0) is 41.5 Å². The van der Waals surface area contributed by atoms with Gasteiger partial charge in [-0.3, -0.25) is 10.1 Å². The number of alkyl halides is 2. The Balaban J connectivity index is 2.94. The molecular weight excluding hydrogens is 282 g/mol. The average Bonchev–Trinajstić information content (AvgIpc) is 2.53. The molecule has 1 aliphatic heterocycles. The SMILES string of the molecule is CC(C)(C)OC(=O)N(C(=O)[C@@H]1CC(F)(F)CN1)C(C)(C)C. The summed E-state index contributed by atoms with van der Waals surface area (Å²) in [6.45, 7) is 9.44. The third-order valence-electron chi connectivity index (χ3n) is 2.88. The van der Waals surface area contributed by atoms with E-state index >= 15 is 0 Å². The number of nitrogens with zero attached hydrogens (tertiary/aromatic N) is 1. The Labute approximate surface area is 124 Å². The minimum atomic E-state index is -2.93. The smallest absolute Gasteiger partial charge is 0.417 e. The molecule has 7 heteroatoms. The summed E-state index contributed by atoms with van der Waals surface area (Å²) >= 11 is 0. The lowest BCUT2D eigenvalue weighted by molar-refractivity contribution is -0.137. The highest BCUT2D eigenvalue weighted by Crippen LogP contribution is 2.28. The molecule has 0 spiro atoms. The lowest BCUT2D eigenvalue weighted by Gasteiger charge is -2.36. The van der Waals surface area contributed by atoms with Gasteiger partial charge in [0.25, 0.3) is 5.92 Å². The van der Waals surface area contributed by atoms with Crippen molar-refractivity contribution in [1.82, 2.24) is 10.2 Å². The molecule has 0 radical (unpaired) electrons. The van der Waals surface area contributed by atoms with Crippen molar-refractivity contribution in [3.8, 4) is 0 Å². The van der Waals surface area contributed by atoms with E-state index in [1.807, 2.05) is 0 Å². The van der Waals surface area contributed by atoms with Crippen molar-refractivity contribution in [1.29, 1.82) is 0 Å². The number of amides is 2. The summed E-state index contributed by atoms with van der Waals surface area (Å²) in [7, 11) is 0. The summed E-state index contributed by atoms with van der Waals surface area (Å²) in [5, 5.41) is 2.47. The molecule has 1 rings (SSSR count). The maximum Gasteiger partial charge on any atom is 0.417 e. The normalized spacial score (nSPS) is 22.0. The molecule has 0 aromatic rings. The fraction of sp³-hybridized carbons (Fsp3) is 0.857. The molecule has 0 bridgehead atoms. The Bertz CT molecular complexity index is 425. The zero-order valence-corrected chi connectivity index (χ0v) is 13.4. The predicted octanol–water partition coefficient (Wildman–Crippen LogP) is 2.55. The van der Waals surface area contributed by atoms with Gasteiger partial charge in [0.1, 0.15) is 5.60 Å². The van der Waals surface area contributed by atoms with Crippen LogP contribution in [0.3, 0.4) is 0 Å². The summed E-state index contributed by atoms with van der Waals surface area (Å²) in [6.07, 6.45) is -1.43. The zero-order valence-electron chi connectivity index (χ0n) is 13.4. The number of hydrogen-bond donors (Lipinski definition) is 1. The van der Waals surface area contributed by atoms with Gasteiger partial charge in [-0.1, -0.05) is 0 Å². The standard InChI is InChI=1S/C14H24F2N2O3/c1-12(2,3)18(11(20)21-13(4,5)6)10(19)9-7-14(15,16)8-17-9/h9,17H,7-8H2,1-6H3/t9-/m0/s1. The van der Waals surface area contributed by atoms with Crippen molar-refractivity contribution in [2.45, 2.75) is 71.1 Å². The summed E-state index contributed by atoms with van der Waals surface area (Å²) in [4.78, 5) is 25.6. The molecule has 1 fully saturated rings. The highest BCUT2D eigenvalue weighted by molar-refractivity contribution is 5.96. The van der Waals surface area contributed by atoms with Crippen LogP contribution in [-0.4, -0.2) is 46.5 Å². The van der Waals surface area contributed by atoms with Crippen LogP contribution in [0.1, 0.15) is 48.0 Å². The van der Waals surface area contributed by atoms with Gasteiger partial charge in [0.2, 0.25) is 5.91 Å². The molecule has 122 valence electrons. The third kappa shape index (κ3) is 4.91. The Kier molecular flexibility index (Phi) is 4.68. The maximum atomic E-state index is 13.2. The number of hydrogen-bond acceptors (Lipinski definition) is 4. The summed E-state index contributed by atoms with van der Waals surface area (Å²) in [5.41, 5.74) is -1.63. The van der Waals surface area contributed by atoms with E-state index in [0.717, 1.165) is 4.90 Å². The van der Waals surface area contributed by atoms with Crippen molar-refractivity contribution >= 4 is 12.0 Å². The number of carbonyl (C=O) groups is 2. The molecule has 0 aromatic carbocycles. The number of imide groups is 1. The highest BCUT2D eigenvalue weighted by atomic mass is 19.3. The van der Waals surface area contributed by atoms with Gasteiger partial charge < -0.3 is 4.74 Å². The second-order valence-electron chi connectivity index (χ2n) is 7.32. The molecule has 1 heterocycles. The quantitative estimate of drug-likeness (QED) is 0.809. The minimum Gasteiger partial charge on any atom is -0.443 e. The molecule has 0 unspecified atom stereocenters. The van der Waals surface area contributed by atoms with Crippen LogP contribution in [0.15, 0.2) is 0 Å². The Morgan fingerprint density at radius 3 is 2.05 bits per heavy atom. The highest BCUT2D eigenvalue weighted by Gasteiger charge is 2.47. The summed E-state index contributed by atoms with van der Waals surface area (Å²) in [6, 6.07) is -1.08. The summed E-state index contributed by atoms with van der Waals surface area (Å²) < 4.78 is 31.7. The Morgan fingerprint density at radius 2 is 1.71 bits per heavy atom. The van der Waals surface area contributed by atoms with E-state index in [0.29, 0.717) is 0 Å². The van der Waals surface area contributed by atoms with Crippen LogP contribution in [0.2, 0.25) is 0 Å². The van der Waals surface area contributed by atoms with Gasteiger partial charge >= 0.3 is 6.09 Å². The third-order valence-corrected chi connectivity index (χ3v) is 2.88. The van der Waals surface area contributed by atoms with Crippen LogP contribution in [0.4, 0.5) is 13.6 Å². The van der Waals surface area contributed by atoms with Crippen LogP contribution in [-0.2, 0) is 9.53 Å². The second kappa shape index (κ2) is 5.51. The zero-order chi connectivity index (χ0) is 16.6. The van der Waals surface area contributed by atoms with E-state index in [-0.39, 0.29) is 0 Å². The first-order valence-electron chi connectivity index (χ1n) is 6.91. The second-order valence-corrected chi connectivity index (χ2v) is 7.32. The van der Waals surface area contributed by atoms with Crippen LogP contribution < -0.4 is 5.32 Å². The largest absolute Gasteiger partial charge is 0.443 e. The number of carbonyl (C=O) groups excluding carboxylic acids is 2. The van der Waals surface area contributed by atoms with Gasteiger partial charge in [-0.15, -0.1) is 0 Å². The molecule has 1 atom stereocenters. The van der Waals surface area contributed by atoms with E-state index in [1.54, 1.807) is 41.5 Å². The van der Waals surface area contributed by atoms with Gasteiger partial charge in [-0.25, -0.2) is 18.5 Å². The predicted molar refractivity (Wildman–Crippen MR) is 74.2 cm³/mol. The van der Waals surface area contributed by atoms with Crippen LogP contribution >= 0.6 is 0 Å². The van der Waals surface area contributed by atoms with E-state index in [1.165, 1.54) is 0 Å². The molecular formula is C14H24F2N2O3. The first kappa shape index (κ1) is 17.8. The molecule has 1 saturated heterocycles. The van der Waals surface area contributed by atoms with Gasteiger partial charge in [0, 0.05) is 12.0 Å². The molecule has 5 nitrogen and oxygen atoms in total. The van der Waals surface area contributed by atoms with Crippen molar-refractivity contribution in [2.24, 2.45) is 0 Å². The van der Waals surface area contributed by atoms with E-state index < -0.39 is 48.1 Å². The number of nitrogens with one attached hydrogen (secondary N) is 1. The maximum absolute atomic E-state index is 13.2. The van der Waals surface area contributed by atoms with Gasteiger partial charge in [0.05, 0.1) is 12.6 Å². The van der Waals surface area contributed by atoms with Crippen molar-refractivity contribution in [3.63, 3.8) is 0 Å². The first-order valence-corrected chi connectivity index (χ1v) is 6.91. The lowest BCUT2D eigenvalue weighted by Crippen LogP contribution is -2.56. The van der Waals surface area contributed by atoms with Crippen LogP contribution in [0.5, 0.6) is 0 Å². The van der Waals surface area contributed by atoms with Gasteiger partial charge in [0.15, 0.2) is 0 Å². The van der Waals surface area contributed by atoms with Crippen molar-refractivity contribution in [2.75, 3.05) is 6.54 Å². The minimum absolute atomic E-state index is 0.560. The first-order chi connectivity index (χ1) is 9.23. The topological polar surface area (TPSA) is 58.6 Å². The van der Waals surface area contributed by atoms with E-state index in [2.05, 4.69) is 5.32 Å². The Hall–Kier alpha value is -1.24. The van der Waals surface area contributed by atoms with Gasteiger partial charge in [-0.2, -0.15) is 0 Å². The number of rotatable bonds is 1. The lowest BCUT2D eigenvalue weighted by atomic mass is 10.0. The van der Waals surface area contributed by atoms with E-state index in [4.69, 9.17) is 4.74 Å². The molecule has 1 aliphatic rings. The number of ether oxygens (including phenoxy) is 1. The average molecular weight is 306 g/mol. The number of halogens is 2. The molecule has 2 amide bonds. The fourth-order valence-corrected chi connectivity index (χ4v) is 2.05. The van der Waals surface area contributed by atoms with Crippen molar-refractivity contribution < 1.29 is 23.1 Å². The Morgan fingerprint density at radius 1 is 1.19 bits per heavy atom.